The summed E-state index contributed by atoms with van der Waals surface area (Å²) < 4.78 is 5.40. The number of morpholine rings is 1. The van der Waals surface area contributed by atoms with Crippen LogP contribution in [-0.4, -0.2) is 48.9 Å². The molecule has 7 nitrogen and oxygen atoms in total. The van der Waals surface area contributed by atoms with E-state index in [2.05, 4.69) is 10.6 Å². The Balaban J connectivity index is 1.58. The summed E-state index contributed by atoms with van der Waals surface area (Å²) in [6.45, 7) is 5.46. The normalized spacial score (nSPS) is 13.4. The molecule has 2 N–H and O–H groups in total. The van der Waals surface area contributed by atoms with Crippen LogP contribution >= 0.6 is 11.3 Å². The highest BCUT2D eigenvalue weighted by Crippen LogP contribution is 2.40. The molecular weight excluding hydrogens is 450 g/mol. The summed E-state index contributed by atoms with van der Waals surface area (Å²) in [5.41, 5.74) is 3.90. The smallest absolute Gasteiger partial charge is 0.257 e. The third kappa shape index (κ3) is 5.52. The van der Waals surface area contributed by atoms with Crippen LogP contribution in [0.2, 0.25) is 0 Å². The molecule has 3 aromatic rings. The number of nitrogens with one attached hydrogen (secondary N) is 2. The van der Waals surface area contributed by atoms with E-state index in [0.717, 1.165) is 21.6 Å². The first-order chi connectivity index (χ1) is 16.4. The predicted molar refractivity (Wildman–Crippen MR) is 134 cm³/mol. The number of carbonyl (C=O) groups excluding carboxylic acids is 3. The van der Waals surface area contributed by atoms with E-state index in [0.29, 0.717) is 42.6 Å². The van der Waals surface area contributed by atoms with Gasteiger partial charge in [0.25, 0.3) is 5.91 Å². The van der Waals surface area contributed by atoms with Crippen molar-refractivity contribution in [1.29, 1.82) is 0 Å². The molecule has 4 rings (SSSR count). The molecule has 2 aromatic carbocycles. The molecule has 0 spiro atoms. The van der Waals surface area contributed by atoms with Gasteiger partial charge in [0.15, 0.2) is 0 Å². The summed E-state index contributed by atoms with van der Waals surface area (Å²) in [5, 5.41) is 6.26. The third-order valence-electron chi connectivity index (χ3n) is 5.59. The molecular formula is C26H27N3O4S. The molecule has 0 saturated carbocycles. The van der Waals surface area contributed by atoms with Crippen molar-refractivity contribution >= 4 is 39.7 Å². The van der Waals surface area contributed by atoms with E-state index in [1.807, 2.05) is 37.3 Å². The van der Waals surface area contributed by atoms with Crippen LogP contribution in [0.5, 0.6) is 0 Å². The molecule has 34 heavy (non-hydrogen) atoms. The molecule has 1 fully saturated rings. The minimum Gasteiger partial charge on any atom is -0.378 e. The quantitative estimate of drug-likeness (QED) is 0.553. The zero-order valence-electron chi connectivity index (χ0n) is 19.2. The number of thiophene rings is 1. The molecule has 1 aliphatic heterocycles. The van der Waals surface area contributed by atoms with Gasteiger partial charge >= 0.3 is 0 Å². The first-order valence-electron chi connectivity index (χ1n) is 11.1. The van der Waals surface area contributed by atoms with E-state index in [4.69, 9.17) is 4.74 Å². The highest BCUT2D eigenvalue weighted by atomic mass is 32.1. The van der Waals surface area contributed by atoms with Crippen molar-refractivity contribution in [3.05, 3.63) is 71.3 Å². The first kappa shape index (κ1) is 23.7. The van der Waals surface area contributed by atoms with Crippen LogP contribution < -0.4 is 10.6 Å². The van der Waals surface area contributed by atoms with Crippen molar-refractivity contribution < 1.29 is 19.1 Å². The Kier molecular flexibility index (Phi) is 7.40. The molecule has 176 valence electrons. The number of amides is 3. The molecule has 8 heteroatoms. The molecule has 0 aliphatic carbocycles. The fourth-order valence-electron chi connectivity index (χ4n) is 3.91. The van der Waals surface area contributed by atoms with E-state index in [9.17, 15) is 14.4 Å². The van der Waals surface area contributed by atoms with Gasteiger partial charge in [-0.05, 0) is 35.7 Å². The lowest BCUT2D eigenvalue weighted by Crippen LogP contribution is -2.41. The van der Waals surface area contributed by atoms with Crippen LogP contribution in [0, 0.1) is 6.92 Å². The minimum absolute atomic E-state index is 0.0887. The molecule has 0 radical (unpaired) electrons. The van der Waals surface area contributed by atoms with Crippen LogP contribution in [-0.2, 0) is 20.7 Å². The number of hydrogen-bond donors (Lipinski definition) is 2. The lowest BCUT2D eigenvalue weighted by molar-refractivity contribution is -0.116. The zero-order chi connectivity index (χ0) is 24.1. The average Bonchev–Trinajstić information content (AvgIpc) is 3.16. The van der Waals surface area contributed by atoms with Gasteiger partial charge in [-0.15, -0.1) is 11.3 Å². The third-order valence-corrected chi connectivity index (χ3v) is 6.84. The van der Waals surface area contributed by atoms with Gasteiger partial charge in [-0.1, -0.05) is 42.5 Å². The molecule has 1 aliphatic rings. The summed E-state index contributed by atoms with van der Waals surface area (Å²) in [6, 6.07) is 17.0. The second-order valence-electron chi connectivity index (χ2n) is 8.13. The number of nitrogens with zero attached hydrogens (tertiary/aromatic N) is 1. The second kappa shape index (κ2) is 10.6. The summed E-state index contributed by atoms with van der Waals surface area (Å²) in [4.78, 5) is 40.3. The van der Waals surface area contributed by atoms with Gasteiger partial charge in [-0.2, -0.15) is 0 Å². The Bertz CT molecular complexity index is 1180. The maximum Gasteiger partial charge on any atom is 0.257 e. The van der Waals surface area contributed by atoms with Crippen LogP contribution in [0.4, 0.5) is 10.7 Å². The Labute approximate surface area is 202 Å². The van der Waals surface area contributed by atoms with Gasteiger partial charge in [-0.3, -0.25) is 14.4 Å². The lowest BCUT2D eigenvalue weighted by Gasteiger charge is -2.27. The minimum atomic E-state index is -0.204. The highest BCUT2D eigenvalue weighted by molar-refractivity contribution is 7.20. The Morgan fingerprint density at radius 1 is 0.971 bits per heavy atom. The van der Waals surface area contributed by atoms with Gasteiger partial charge in [0.05, 0.1) is 25.2 Å². The summed E-state index contributed by atoms with van der Waals surface area (Å²) in [6.07, 6.45) is 0.156. The van der Waals surface area contributed by atoms with Crippen molar-refractivity contribution in [1.82, 2.24) is 4.90 Å². The molecule has 2 heterocycles. The SMILES string of the molecule is CC(=O)Nc1ccc(CC(=O)Nc2sc(-c3ccccc3)c(C)c2C(=O)N2CCOCC2)cc1. The van der Waals surface area contributed by atoms with Crippen LogP contribution in [0.3, 0.4) is 0 Å². The molecule has 1 aromatic heterocycles. The van der Waals surface area contributed by atoms with E-state index in [-0.39, 0.29) is 24.1 Å². The predicted octanol–water partition coefficient (Wildman–Crippen LogP) is 4.34. The van der Waals surface area contributed by atoms with E-state index in [1.165, 1.54) is 18.3 Å². The van der Waals surface area contributed by atoms with E-state index in [1.54, 1.807) is 29.2 Å². The lowest BCUT2D eigenvalue weighted by atomic mass is 10.1. The van der Waals surface area contributed by atoms with Gasteiger partial charge in [0.2, 0.25) is 11.8 Å². The summed E-state index contributed by atoms with van der Waals surface area (Å²) >= 11 is 1.42. The summed E-state index contributed by atoms with van der Waals surface area (Å²) in [5.74, 6) is -0.441. The van der Waals surface area contributed by atoms with Crippen molar-refractivity contribution in [3.63, 3.8) is 0 Å². The molecule has 0 bridgehead atoms. The Hall–Kier alpha value is -3.49. The number of hydrogen-bond acceptors (Lipinski definition) is 5. The molecule has 3 amide bonds. The number of carbonyl (C=O) groups is 3. The van der Waals surface area contributed by atoms with Crippen molar-refractivity contribution in [3.8, 4) is 10.4 Å². The fourth-order valence-corrected chi connectivity index (χ4v) is 5.13. The standard InChI is InChI=1S/C26H27N3O4S/c1-17-23(26(32)29-12-14-33-15-13-29)25(34-24(17)20-6-4-3-5-7-20)28-22(31)16-19-8-10-21(11-9-19)27-18(2)30/h3-11H,12-16H2,1-2H3,(H,27,30)(H,28,31). The maximum absolute atomic E-state index is 13.4. The second-order valence-corrected chi connectivity index (χ2v) is 9.15. The monoisotopic (exact) mass is 477 g/mol. The zero-order valence-corrected chi connectivity index (χ0v) is 20.0. The van der Waals surface area contributed by atoms with Crippen LogP contribution in [0.15, 0.2) is 54.6 Å². The van der Waals surface area contributed by atoms with E-state index >= 15 is 0 Å². The Morgan fingerprint density at radius 2 is 1.65 bits per heavy atom. The van der Waals surface area contributed by atoms with Crippen LogP contribution in [0.25, 0.3) is 10.4 Å². The van der Waals surface area contributed by atoms with Crippen molar-refractivity contribution in [2.45, 2.75) is 20.3 Å². The molecule has 0 atom stereocenters. The first-order valence-corrected chi connectivity index (χ1v) is 12.0. The molecule has 0 unspecified atom stereocenters. The number of anilines is 2. The largest absolute Gasteiger partial charge is 0.378 e. The topological polar surface area (TPSA) is 87.7 Å². The number of benzene rings is 2. The van der Waals surface area contributed by atoms with Gasteiger partial charge in [-0.25, -0.2) is 0 Å². The average molecular weight is 478 g/mol. The van der Waals surface area contributed by atoms with Crippen LogP contribution in [0.1, 0.15) is 28.4 Å². The number of rotatable bonds is 6. The van der Waals surface area contributed by atoms with Gasteiger partial charge in [0.1, 0.15) is 5.00 Å². The van der Waals surface area contributed by atoms with Crippen molar-refractivity contribution in [2.24, 2.45) is 0 Å². The van der Waals surface area contributed by atoms with Gasteiger partial charge < -0.3 is 20.3 Å². The fraction of sp³-hybridized carbons (Fsp3) is 0.269. The summed E-state index contributed by atoms with van der Waals surface area (Å²) in [7, 11) is 0. The van der Waals surface area contributed by atoms with Crippen molar-refractivity contribution in [2.75, 3.05) is 36.9 Å². The van der Waals surface area contributed by atoms with E-state index < -0.39 is 0 Å². The maximum atomic E-state index is 13.4. The Morgan fingerprint density at radius 3 is 2.29 bits per heavy atom. The number of ether oxygens (including phenoxy) is 1. The molecule has 1 saturated heterocycles. The van der Waals surface area contributed by atoms with Gasteiger partial charge in [0, 0.05) is 30.6 Å². The highest BCUT2D eigenvalue weighted by Gasteiger charge is 2.28.